The highest BCUT2D eigenvalue weighted by molar-refractivity contribution is 7.89. The number of thiocarbonyl (C=S) groups is 1. The molecule has 0 radical (unpaired) electrons. The summed E-state index contributed by atoms with van der Waals surface area (Å²) < 4.78 is 45.1. The summed E-state index contributed by atoms with van der Waals surface area (Å²) in [7, 11) is -3.24. The number of anilines is 1. The molecular formula is C16H20FN3O4S2. The number of carbonyl (C=O) groups excluding carboxylic acids is 1. The number of ether oxygens (including phenoxy) is 1. The van der Waals surface area contributed by atoms with E-state index in [1.165, 1.54) is 11.0 Å². The van der Waals surface area contributed by atoms with Crippen LogP contribution in [-0.4, -0.2) is 51.0 Å². The second-order valence-corrected chi connectivity index (χ2v) is 8.95. The van der Waals surface area contributed by atoms with Crippen LogP contribution in [0, 0.1) is 5.82 Å². The summed E-state index contributed by atoms with van der Waals surface area (Å²) in [6.45, 7) is 2.62. The zero-order chi connectivity index (χ0) is 18.9. The van der Waals surface area contributed by atoms with Gasteiger partial charge >= 0.3 is 6.09 Å². The van der Waals surface area contributed by atoms with Crippen molar-refractivity contribution in [3.8, 4) is 0 Å². The van der Waals surface area contributed by atoms with Gasteiger partial charge < -0.3 is 10.1 Å². The second kappa shape index (κ2) is 7.45. The van der Waals surface area contributed by atoms with Crippen LogP contribution in [0.5, 0.6) is 0 Å². The van der Waals surface area contributed by atoms with E-state index in [0.717, 1.165) is 0 Å². The first-order valence-corrected chi connectivity index (χ1v) is 10.3. The van der Waals surface area contributed by atoms with Gasteiger partial charge in [0.2, 0.25) is 10.0 Å². The van der Waals surface area contributed by atoms with Crippen molar-refractivity contribution in [1.29, 1.82) is 0 Å². The van der Waals surface area contributed by atoms with Crippen LogP contribution in [0.1, 0.15) is 24.8 Å². The number of rotatable bonds is 4. The van der Waals surface area contributed by atoms with Crippen LogP contribution in [0.2, 0.25) is 0 Å². The Balaban J connectivity index is 1.69. The topological polar surface area (TPSA) is 87.7 Å². The fourth-order valence-electron chi connectivity index (χ4n) is 3.08. The van der Waals surface area contributed by atoms with Gasteiger partial charge in [0.25, 0.3) is 0 Å². The molecule has 1 aromatic rings. The number of nitrogens with zero attached hydrogens (tertiary/aromatic N) is 1. The van der Waals surface area contributed by atoms with Gasteiger partial charge in [-0.25, -0.2) is 22.3 Å². The molecule has 10 heteroatoms. The van der Waals surface area contributed by atoms with Crippen molar-refractivity contribution in [2.75, 3.05) is 30.3 Å². The van der Waals surface area contributed by atoms with Crippen LogP contribution in [0.3, 0.4) is 0 Å². The monoisotopic (exact) mass is 401 g/mol. The smallest absolute Gasteiger partial charge is 0.414 e. The number of hydrogen-bond donors (Lipinski definition) is 2. The quantitative estimate of drug-likeness (QED) is 0.744. The maximum atomic E-state index is 14.6. The largest absolute Gasteiger partial charge is 0.442 e. The van der Waals surface area contributed by atoms with E-state index >= 15 is 0 Å². The molecule has 0 aliphatic carbocycles. The zero-order valence-electron chi connectivity index (χ0n) is 14.2. The average Bonchev–Trinajstić information content (AvgIpc) is 2.94. The van der Waals surface area contributed by atoms with Crippen molar-refractivity contribution in [3.63, 3.8) is 0 Å². The highest BCUT2D eigenvalue weighted by Crippen LogP contribution is 2.30. The number of amides is 1. The fraction of sp³-hybridized carbons (Fsp3) is 0.500. The minimum absolute atomic E-state index is 0.0225. The third kappa shape index (κ3) is 4.30. The number of hydrogen-bond acceptors (Lipinski definition) is 5. The van der Waals surface area contributed by atoms with Gasteiger partial charge in [0.05, 0.1) is 29.5 Å². The van der Waals surface area contributed by atoms with Gasteiger partial charge in [-0.1, -0.05) is 18.3 Å². The Kier molecular flexibility index (Phi) is 5.44. The number of halogens is 1. The van der Waals surface area contributed by atoms with Gasteiger partial charge in [0.1, 0.15) is 11.9 Å². The second-order valence-electron chi connectivity index (χ2n) is 6.41. The SMILES string of the molecule is CC(=S)NCC1CN(c2ccc(C3CCS(=O)(=O)NC3)c(F)c2)C(=O)O1. The van der Waals surface area contributed by atoms with Gasteiger partial charge in [0.15, 0.2) is 0 Å². The van der Waals surface area contributed by atoms with Crippen LogP contribution in [0.15, 0.2) is 18.2 Å². The molecule has 2 saturated heterocycles. The van der Waals surface area contributed by atoms with Crippen LogP contribution in [0.4, 0.5) is 14.9 Å². The fourth-order valence-corrected chi connectivity index (χ4v) is 4.35. The molecular weight excluding hydrogens is 381 g/mol. The van der Waals surface area contributed by atoms with Crippen molar-refractivity contribution in [2.24, 2.45) is 0 Å². The van der Waals surface area contributed by atoms with E-state index in [1.54, 1.807) is 19.1 Å². The summed E-state index contributed by atoms with van der Waals surface area (Å²) in [6, 6.07) is 4.55. The molecule has 0 spiro atoms. The Morgan fingerprint density at radius 2 is 2.27 bits per heavy atom. The highest BCUT2D eigenvalue weighted by Gasteiger charge is 2.33. The zero-order valence-corrected chi connectivity index (χ0v) is 15.8. The summed E-state index contributed by atoms with van der Waals surface area (Å²) in [5.41, 5.74) is 0.854. The average molecular weight is 401 g/mol. The molecule has 7 nitrogen and oxygen atoms in total. The van der Waals surface area contributed by atoms with Crippen molar-refractivity contribution in [3.05, 3.63) is 29.6 Å². The lowest BCUT2D eigenvalue weighted by Gasteiger charge is -2.24. The number of nitrogens with one attached hydrogen (secondary N) is 2. The van der Waals surface area contributed by atoms with Crippen LogP contribution in [-0.2, 0) is 14.8 Å². The Labute approximate surface area is 156 Å². The Morgan fingerprint density at radius 3 is 2.88 bits per heavy atom. The molecule has 3 rings (SSSR count). The molecule has 1 aromatic carbocycles. The van der Waals surface area contributed by atoms with Crippen molar-refractivity contribution in [1.82, 2.24) is 10.0 Å². The van der Waals surface area contributed by atoms with E-state index in [-0.39, 0.29) is 24.3 Å². The third-order valence-corrected chi connectivity index (χ3v) is 6.00. The molecule has 0 bridgehead atoms. The first-order chi connectivity index (χ1) is 12.2. The first kappa shape index (κ1) is 19.0. The number of carbonyl (C=O) groups is 1. The Bertz CT molecular complexity index is 817. The van der Waals surface area contributed by atoms with E-state index < -0.39 is 21.9 Å². The lowest BCUT2D eigenvalue weighted by atomic mass is 9.95. The van der Waals surface area contributed by atoms with Crippen LogP contribution in [0.25, 0.3) is 0 Å². The summed E-state index contributed by atoms with van der Waals surface area (Å²) in [5, 5.41) is 2.95. The summed E-state index contributed by atoms with van der Waals surface area (Å²) in [6.07, 6.45) is -0.533. The number of cyclic esters (lactones) is 1. The minimum Gasteiger partial charge on any atom is -0.442 e. The highest BCUT2D eigenvalue weighted by atomic mass is 32.2. The molecule has 2 N–H and O–H groups in total. The molecule has 2 atom stereocenters. The maximum absolute atomic E-state index is 14.6. The molecule has 2 fully saturated rings. The predicted octanol–water partition coefficient (Wildman–Crippen LogP) is 1.49. The number of benzene rings is 1. The van der Waals surface area contributed by atoms with E-state index in [4.69, 9.17) is 17.0 Å². The van der Waals surface area contributed by atoms with Crippen molar-refractivity contribution >= 4 is 39.0 Å². The lowest BCUT2D eigenvalue weighted by Crippen LogP contribution is -2.37. The van der Waals surface area contributed by atoms with Crippen LogP contribution >= 0.6 is 12.2 Å². The molecule has 2 aliphatic heterocycles. The Hall–Kier alpha value is -1.78. The van der Waals surface area contributed by atoms with Gasteiger partial charge in [-0.3, -0.25) is 4.90 Å². The normalized spacial score (nSPS) is 25.0. The molecule has 142 valence electrons. The van der Waals surface area contributed by atoms with E-state index in [2.05, 4.69) is 10.0 Å². The molecule has 1 amide bonds. The molecule has 0 saturated carbocycles. The molecule has 0 aromatic heterocycles. The molecule has 2 unspecified atom stereocenters. The maximum Gasteiger partial charge on any atom is 0.414 e. The predicted molar refractivity (Wildman–Crippen MR) is 99.4 cm³/mol. The summed E-state index contributed by atoms with van der Waals surface area (Å²) in [5.74, 6) is -0.705. The Morgan fingerprint density at radius 1 is 1.50 bits per heavy atom. The van der Waals surface area contributed by atoms with E-state index in [9.17, 15) is 17.6 Å². The summed E-state index contributed by atoms with van der Waals surface area (Å²) >= 11 is 4.93. The lowest BCUT2D eigenvalue weighted by molar-refractivity contribution is 0.143. The third-order valence-electron chi connectivity index (χ3n) is 4.47. The molecule has 2 aliphatic rings. The summed E-state index contributed by atoms with van der Waals surface area (Å²) in [4.78, 5) is 14.0. The molecule has 26 heavy (non-hydrogen) atoms. The van der Waals surface area contributed by atoms with Crippen molar-refractivity contribution in [2.45, 2.75) is 25.4 Å². The van der Waals surface area contributed by atoms with E-state index in [0.29, 0.717) is 35.7 Å². The van der Waals surface area contributed by atoms with Gasteiger partial charge in [0, 0.05) is 12.5 Å². The minimum atomic E-state index is -3.24. The van der Waals surface area contributed by atoms with Gasteiger partial charge in [-0.15, -0.1) is 0 Å². The standard InChI is InChI=1S/C16H20FN3O4S2/c1-10(25)18-8-13-9-20(16(21)24-13)12-2-3-14(15(17)6-12)11-4-5-26(22,23)19-7-11/h2-3,6,11,13,19H,4-5,7-9H2,1H3,(H,18,25). The number of sulfonamides is 1. The first-order valence-electron chi connectivity index (χ1n) is 8.24. The van der Waals surface area contributed by atoms with Crippen LogP contribution < -0.4 is 14.9 Å². The van der Waals surface area contributed by atoms with Crippen molar-refractivity contribution < 1.29 is 22.3 Å². The van der Waals surface area contributed by atoms with Gasteiger partial charge in [-0.2, -0.15) is 0 Å². The van der Waals surface area contributed by atoms with E-state index in [1.807, 2.05) is 0 Å². The van der Waals surface area contributed by atoms with Gasteiger partial charge in [-0.05, 0) is 31.0 Å². The molecule has 2 heterocycles.